The van der Waals surface area contributed by atoms with Gasteiger partial charge in [-0.15, -0.1) is 0 Å². The van der Waals surface area contributed by atoms with Gasteiger partial charge in [0.2, 0.25) is 0 Å². The van der Waals surface area contributed by atoms with Crippen molar-refractivity contribution >= 4 is 5.97 Å². The molecule has 0 atom stereocenters. The van der Waals surface area contributed by atoms with E-state index in [1.165, 1.54) is 6.07 Å². The number of hydrogen-bond donors (Lipinski definition) is 1. The Morgan fingerprint density at radius 3 is 2.54 bits per heavy atom. The molecule has 126 valence electrons. The Kier molecular flexibility index (Phi) is 5.08. The van der Waals surface area contributed by atoms with Crippen molar-refractivity contribution in [1.82, 2.24) is 0 Å². The topological polar surface area (TPSA) is 65.0 Å². The van der Waals surface area contributed by atoms with E-state index in [-0.39, 0.29) is 17.9 Å². The van der Waals surface area contributed by atoms with Gasteiger partial charge in [-0.1, -0.05) is 36.4 Å². The molecule has 0 amide bonds. The highest BCUT2D eigenvalue weighted by Gasteiger charge is 2.26. The average Bonchev–Trinajstić information content (AvgIpc) is 3.10. The molecule has 0 unspecified atom stereocenters. The van der Waals surface area contributed by atoms with Crippen LogP contribution in [0.1, 0.15) is 23.0 Å². The summed E-state index contributed by atoms with van der Waals surface area (Å²) in [4.78, 5) is 10.9. The molecule has 24 heavy (non-hydrogen) atoms. The molecule has 1 saturated heterocycles. The maximum atomic E-state index is 14.8. The second kappa shape index (κ2) is 7.42. The van der Waals surface area contributed by atoms with Gasteiger partial charge in [0.25, 0.3) is 0 Å². The van der Waals surface area contributed by atoms with Crippen LogP contribution in [-0.4, -0.2) is 24.3 Å². The molecule has 1 N–H and O–H groups in total. The molecule has 0 aromatic heterocycles. The predicted molar refractivity (Wildman–Crippen MR) is 83.2 cm³/mol. The Morgan fingerprint density at radius 1 is 1.17 bits per heavy atom. The van der Waals surface area contributed by atoms with Crippen LogP contribution in [0.5, 0.6) is 5.75 Å². The lowest BCUT2D eigenvalue weighted by atomic mass is 10.1. The molecule has 1 aliphatic rings. The summed E-state index contributed by atoms with van der Waals surface area (Å²) in [7, 11) is 0. The summed E-state index contributed by atoms with van der Waals surface area (Å²) in [6.45, 7) is 0.997. The predicted octanol–water partition coefficient (Wildman–Crippen LogP) is 3.08. The van der Waals surface area contributed by atoms with Crippen LogP contribution in [-0.2, 0) is 27.3 Å². The Balaban J connectivity index is 1.90. The summed E-state index contributed by atoms with van der Waals surface area (Å²) in [5, 5.41) is 8.91. The third-order valence-electron chi connectivity index (χ3n) is 3.65. The maximum absolute atomic E-state index is 14.8. The van der Waals surface area contributed by atoms with Crippen molar-refractivity contribution in [3.8, 4) is 5.75 Å². The zero-order valence-electron chi connectivity index (χ0n) is 12.9. The second-order valence-electron chi connectivity index (χ2n) is 5.38. The molecule has 1 fully saturated rings. The van der Waals surface area contributed by atoms with Crippen LogP contribution in [0.2, 0.25) is 0 Å². The molecule has 6 heteroatoms. The smallest absolute Gasteiger partial charge is 0.307 e. The van der Waals surface area contributed by atoms with E-state index >= 15 is 0 Å². The summed E-state index contributed by atoms with van der Waals surface area (Å²) in [5.74, 6) is -1.82. The fourth-order valence-corrected chi connectivity index (χ4v) is 2.51. The zero-order valence-corrected chi connectivity index (χ0v) is 12.9. The van der Waals surface area contributed by atoms with E-state index in [0.717, 1.165) is 5.56 Å². The Bertz CT molecular complexity index is 711. The van der Waals surface area contributed by atoms with Gasteiger partial charge in [0.1, 0.15) is 6.61 Å². The van der Waals surface area contributed by atoms with E-state index in [4.69, 9.17) is 19.3 Å². The minimum atomic E-state index is -1.11. The lowest BCUT2D eigenvalue weighted by Crippen LogP contribution is -2.09. The number of ether oxygens (including phenoxy) is 3. The summed E-state index contributed by atoms with van der Waals surface area (Å²) < 4.78 is 31.3. The van der Waals surface area contributed by atoms with Gasteiger partial charge in [-0.05, 0) is 11.6 Å². The number of carbonyl (C=O) groups is 1. The molecule has 0 radical (unpaired) electrons. The van der Waals surface area contributed by atoms with Gasteiger partial charge in [0.15, 0.2) is 17.9 Å². The molecular weight excluding hydrogens is 315 g/mol. The first-order valence-corrected chi connectivity index (χ1v) is 7.58. The third kappa shape index (κ3) is 3.72. The number of carboxylic acid groups (broad SMARTS) is 1. The minimum Gasteiger partial charge on any atom is -0.485 e. The van der Waals surface area contributed by atoms with Gasteiger partial charge in [-0.3, -0.25) is 4.79 Å². The lowest BCUT2D eigenvalue weighted by Gasteiger charge is -2.18. The van der Waals surface area contributed by atoms with Crippen molar-refractivity contribution in [1.29, 1.82) is 0 Å². The molecular formula is C18H17FO5. The quantitative estimate of drug-likeness (QED) is 0.881. The van der Waals surface area contributed by atoms with Crippen LogP contribution in [0.25, 0.3) is 0 Å². The minimum absolute atomic E-state index is 0.0236. The molecule has 2 aromatic carbocycles. The molecule has 0 aliphatic carbocycles. The first kappa shape index (κ1) is 16.4. The monoisotopic (exact) mass is 332 g/mol. The molecule has 0 spiro atoms. The SMILES string of the molecule is O=C(O)Cc1ccc(C2OCCO2)c(OCc2ccccc2)c1F. The number of halogens is 1. The lowest BCUT2D eigenvalue weighted by molar-refractivity contribution is -0.136. The number of rotatable bonds is 6. The van der Waals surface area contributed by atoms with Gasteiger partial charge in [-0.25, -0.2) is 4.39 Å². The highest BCUT2D eigenvalue weighted by atomic mass is 19.1. The Labute approximate surface area is 138 Å². The van der Waals surface area contributed by atoms with Crippen LogP contribution in [0.15, 0.2) is 42.5 Å². The van der Waals surface area contributed by atoms with E-state index < -0.39 is 24.5 Å². The number of carboxylic acids is 1. The van der Waals surface area contributed by atoms with Crippen LogP contribution in [0.4, 0.5) is 4.39 Å². The van der Waals surface area contributed by atoms with Crippen molar-refractivity contribution in [2.24, 2.45) is 0 Å². The summed E-state index contributed by atoms with van der Waals surface area (Å²) in [5.41, 5.74) is 1.36. The summed E-state index contributed by atoms with van der Waals surface area (Å²) >= 11 is 0. The van der Waals surface area contributed by atoms with Crippen LogP contribution >= 0.6 is 0 Å². The first-order valence-electron chi connectivity index (χ1n) is 7.58. The zero-order chi connectivity index (χ0) is 16.9. The van der Waals surface area contributed by atoms with E-state index in [1.54, 1.807) is 6.07 Å². The van der Waals surface area contributed by atoms with Crippen molar-refractivity contribution in [3.63, 3.8) is 0 Å². The number of aliphatic carboxylic acids is 1. The van der Waals surface area contributed by atoms with E-state index in [0.29, 0.717) is 18.8 Å². The standard InChI is InChI=1S/C18H17FO5/c19-16-13(10-15(20)21)6-7-14(18-22-8-9-23-18)17(16)24-11-12-4-2-1-3-5-12/h1-7,18H,8-11H2,(H,20,21). The van der Waals surface area contributed by atoms with E-state index in [9.17, 15) is 9.18 Å². The molecule has 0 bridgehead atoms. The Hall–Kier alpha value is -2.44. The number of benzene rings is 2. The highest BCUT2D eigenvalue weighted by molar-refractivity contribution is 5.70. The fraction of sp³-hybridized carbons (Fsp3) is 0.278. The molecule has 1 heterocycles. The van der Waals surface area contributed by atoms with Crippen molar-refractivity contribution < 1.29 is 28.5 Å². The largest absolute Gasteiger partial charge is 0.485 e. The van der Waals surface area contributed by atoms with Gasteiger partial charge in [-0.2, -0.15) is 0 Å². The molecule has 3 rings (SSSR count). The van der Waals surface area contributed by atoms with Gasteiger partial charge in [0.05, 0.1) is 25.2 Å². The molecule has 0 saturated carbocycles. The van der Waals surface area contributed by atoms with Crippen LogP contribution < -0.4 is 4.74 Å². The summed E-state index contributed by atoms with van der Waals surface area (Å²) in [6.07, 6.45) is -1.12. The van der Waals surface area contributed by atoms with Gasteiger partial charge < -0.3 is 19.3 Å². The van der Waals surface area contributed by atoms with Crippen molar-refractivity contribution in [2.45, 2.75) is 19.3 Å². The maximum Gasteiger partial charge on any atom is 0.307 e. The van der Waals surface area contributed by atoms with Crippen molar-refractivity contribution in [2.75, 3.05) is 13.2 Å². The van der Waals surface area contributed by atoms with Crippen molar-refractivity contribution in [3.05, 3.63) is 65.0 Å². The Morgan fingerprint density at radius 2 is 1.88 bits per heavy atom. The normalized spacial score (nSPS) is 14.7. The second-order valence-corrected chi connectivity index (χ2v) is 5.38. The molecule has 2 aromatic rings. The highest BCUT2D eigenvalue weighted by Crippen LogP contribution is 2.35. The van der Waals surface area contributed by atoms with Crippen LogP contribution in [0.3, 0.4) is 0 Å². The van der Waals surface area contributed by atoms with Gasteiger partial charge >= 0.3 is 5.97 Å². The fourth-order valence-electron chi connectivity index (χ4n) is 2.51. The average molecular weight is 332 g/mol. The van der Waals surface area contributed by atoms with Gasteiger partial charge in [0, 0.05) is 5.56 Å². The third-order valence-corrected chi connectivity index (χ3v) is 3.65. The van der Waals surface area contributed by atoms with E-state index in [1.807, 2.05) is 30.3 Å². The number of hydrogen-bond acceptors (Lipinski definition) is 4. The first-order chi connectivity index (χ1) is 11.6. The molecule has 5 nitrogen and oxygen atoms in total. The summed E-state index contributed by atoms with van der Waals surface area (Å²) in [6, 6.07) is 12.3. The van der Waals surface area contributed by atoms with Crippen LogP contribution in [0, 0.1) is 5.82 Å². The molecule has 1 aliphatic heterocycles. The van der Waals surface area contributed by atoms with E-state index in [2.05, 4.69) is 0 Å².